The molecule has 1 saturated carbocycles. The van der Waals surface area contributed by atoms with Crippen molar-refractivity contribution in [1.82, 2.24) is 4.90 Å². The fraction of sp³-hybridized carbons (Fsp3) is 0.321. The summed E-state index contributed by atoms with van der Waals surface area (Å²) in [7, 11) is 2.93. The summed E-state index contributed by atoms with van der Waals surface area (Å²) < 4.78 is 0. The van der Waals surface area contributed by atoms with E-state index >= 15 is 0 Å². The van der Waals surface area contributed by atoms with E-state index in [9.17, 15) is 39.9 Å². The number of hydrogen-bond acceptors (Lipinski definition) is 9. The predicted octanol–water partition coefficient (Wildman–Crippen LogP) is 1.16. The number of likely N-dealkylation sites (N-methyl/N-ethyl adjacent to an activating group) is 1. The van der Waals surface area contributed by atoms with Crippen LogP contribution >= 0.6 is 0 Å². The molecule has 0 heterocycles. The lowest BCUT2D eigenvalue weighted by Gasteiger charge is -2.53. The molecule has 1 fully saturated rings. The Kier molecular flexibility index (Phi) is 5.75. The van der Waals surface area contributed by atoms with Gasteiger partial charge >= 0.3 is 0 Å². The molecule has 3 aliphatic carbocycles. The number of nitrogens with zero attached hydrogens (tertiary/aromatic N) is 1. The first-order valence-corrected chi connectivity index (χ1v) is 12.1. The van der Waals surface area contributed by atoms with Crippen molar-refractivity contribution in [1.29, 1.82) is 0 Å². The average molecular weight is 521 g/mol. The van der Waals surface area contributed by atoms with Crippen LogP contribution < -0.4 is 5.73 Å². The van der Waals surface area contributed by atoms with E-state index in [-0.39, 0.29) is 11.3 Å². The molecule has 0 spiro atoms. The van der Waals surface area contributed by atoms with Gasteiger partial charge in [0, 0.05) is 11.5 Å². The molecule has 2 aromatic rings. The van der Waals surface area contributed by atoms with Crippen molar-refractivity contribution in [3.05, 3.63) is 70.5 Å². The monoisotopic (exact) mass is 520 g/mol. The van der Waals surface area contributed by atoms with Gasteiger partial charge in [0.15, 0.2) is 11.4 Å². The first kappa shape index (κ1) is 25.7. The topological polar surface area (TPSA) is 182 Å². The number of carbonyl (C=O) groups is 3. The van der Waals surface area contributed by atoms with E-state index in [4.69, 9.17) is 5.73 Å². The summed E-state index contributed by atoms with van der Waals surface area (Å²) in [5.74, 6) is -9.13. The number of nitrogens with two attached hydrogens (primary N) is 1. The molecule has 198 valence electrons. The Labute approximate surface area is 217 Å². The Morgan fingerprint density at radius 2 is 1.66 bits per heavy atom. The third-order valence-corrected chi connectivity index (χ3v) is 8.19. The fourth-order valence-electron chi connectivity index (χ4n) is 6.57. The van der Waals surface area contributed by atoms with Crippen molar-refractivity contribution in [3.63, 3.8) is 0 Å². The maximum absolute atomic E-state index is 14.0. The number of hydrogen-bond donors (Lipinski definition) is 6. The number of amides is 1. The lowest BCUT2D eigenvalue weighted by atomic mass is 9.54. The van der Waals surface area contributed by atoms with E-state index in [1.54, 1.807) is 13.0 Å². The van der Waals surface area contributed by atoms with Crippen LogP contribution in [0.25, 0.3) is 16.9 Å². The van der Waals surface area contributed by atoms with E-state index in [0.717, 1.165) is 5.56 Å². The van der Waals surface area contributed by atoms with Crippen LogP contribution in [0.2, 0.25) is 0 Å². The summed E-state index contributed by atoms with van der Waals surface area (Å²) in [6.07, 6.45) is -1.64. The molecule has 10 heteroatoms. The van der Waals surface area contributed by atoms with Crippen LogP contribution in [0, 0.1) is 11.8 Å². The number of rotatable bonds is 3. The van der Waals surface area contributed by atoms with Crippen molar-refractivity contribution < 1.29 is 39.9 Å². The average Bonchev–Trinajstić information content (AvgIpc) is 2.86. The minimum absolute atomic E-state index is 0.0395. The molecule has 2 aromatic carbocycles. The number of aromatic hydroxyl groups is 1. The Hall–Kier alpha value is -3.99. The van der Waals surface area contributed by atoms with Gasteiger partial charge in [-0.1, -0.05) is 43.3 Å². The number of phenols is 1. The first-order chi connectivity index (χ1) is 17.8. The van der Waals surface area contributed by atoms with Crippen molar-refractivity contribution in [2.45, 2.75) is 30.6 Å². The molecular weight excluding hydrogens is 492 g/mol. The van der Waals surface area contributed by atoms with Crippen LogP contribution in [0.1, 0.15) is 24.0 Å². The van der Waals surface area contributed by atoms with E-state index in [2.05, 4.69) is 0 Å². The van der Waals surface area contributed by atoms with Crippen LogP contribution in [0.15, 0.2) is 59.4 Å². The summed E-state index contributed by atoms with van der Waals surface area (Å²) >= 11 is 0. The summed E-state index contributed by atoms with van der Waals surface area (Å²) in [5.41, 5.74) is 2.89. The Morgan fingerprint density at radius 1 is 1.03 bits per heavy atom. The summed E-state index contributed by atoms with van der Waals surface area (Å²) in [4.78, 5) is 40.7. The van der Waals surface area contributed by atoms with E-state index in [1.807, 2.05) is 30.3 Å². The van der Waals surface area contributed by atoms with Gasteiger partial charge in [0.05, 0.1) is 23.6 Å². The number of benzene rings is 2. The van der Waals surface area contributed by atoms with Gasteiger partial charge in [-0.25, -0.2) is 0 Å². The highest BCUT2D eigenvalue weighted by Gasteiger charge is 2.68. The molecule has 38 heavy (non-hydrogen) atoms. The third-order valence-electron chi connectivity index (χ3n) is 8.19. The Bertz CT molecular complexity index is 1460. The van der Waals surface area contributed by atoms with Crippen LogP contribution in [-0.2, 0) is 14.4 Å². The summed E-state index contributed by atoms with van der Waals surface area (Å²) in [6.45, 7) is 1.71. The minimum atomic E-state index is -2.93. The van der Waals surface area contributed by atoms with Gasteiger partial charge in [-0.3, -0.25) is 19.3 Å². The number of primary amides is 1. The lowest BCUT2D eigenvalue weighted by molar-refractivity contribution is -0.169. The molecule has 6 atom stereocenters. The Morgan fingerprint density at radius 3 is 2.24 bits per heavy atom. The lowest BCUT2D eigenvalue weighted by Crippen LogP contribution is -2.70. The van der Waals surface area contributed by atoms with E-state index in [1.165, 1.54) is 25.1 Å². The third kappa shape index (κ3) is 3.14. The second kappa shape index (κ2) is 8.52. The molecule has 5 rings (SSSR count). The second-order valence-electron chi connectivity index (χ2n) is 10.3. The maximum Gasteiger partial charge on any atom is 0.255 e. The number of phenolic OH excluding ortho intramolecular Hbond substituents is 1. The highest BCUT2D eigenvalue weighted by atomic mass is 16.4. The van der Waals surface area contributed by atoms with Crippen molar-refractivity contribution >= 4 is 23.2 Å². The number of aliphatic hydroxyl groups is 4. The fourth-order valence-corrected chi connectivity index (χ4v) is 6.57. The van der Waals surface area contributed by atoms with Crippen LogP contribution in [0.3, 0.4) is 0 Å². The van der Waals surface area contributed by atoms with Gasteiger partial charge in [0.25, 0.3) is 5.91 Å². The van der Waals surface area contributed by atoms with Gasteiger partial charge in [0.1, 0.15) is 22.8 Å². The van der Waals surface area contributed by atoms with Crippen LogP contribution in [-0.4, -0.2) is 79.7 Å². The van der Waals surface area contributed by atoms with Crippen molar-refractivity contribution in [2.24, 2.45) is 17.6 Å². The van der Waals surface area contributed by atoms with Crippen LogP contribution in [0.4, 0.5) is 0 Å². The smallest absolute Gasteiger partial charge is 0.255 e. The molecule has 0 saturated heterocycles. The van der Waals surface area contributed by atoms with Crippen LogP contribution in [0.5, 0.6) is 5.75 Å². The molecule has 1 amide bonds. The molecule has 0 radical (unpaired) electrons. The van der Waals surface area contributed by atoms with E-state index in [0.29, 0.717) is 11.1 Å². The predicted molar refractivity (Wildman–Crippen MR) is 136 cm³/mol. The zero-order chi connectivity index (χ0) is 27.8. The maximum atomic E-state index is 14.0. The number of carbonyl (C=O) groups excluding carboxylic acids is 3. The molecule has 7 N–H and O–H groups in total. The number of aliphatic hydroxyl groups excluding tert-OH is 3. The summed E-state index contributed by atoms with van der Waals surface area (Å²) in [5, 5.41) is 56.6. The number of fused-ring (bicyclic) bond motifs is 3. The molecule has 3 aliphatic rings. The quantitative estimate of drug-likeness (QED) is 0.324. The summed E-state index contributed by atoms with van der Waals surface area (Å²) in [6, 6.07) is 10.8. The molecular formula is C28H28N2O8. The molecule has 0 unspecified atom stereocenters. The molecule has 0 bridgehead atoms. The zero-order valence-electron chi connectivity index (χ0n) is 20.9. The first-order valence-electron chi connectivity index (χ1n) is 12.1. The van der Waals surface area contributed by atoms with Crippen molar-refractivity contribution in [3.8, 4) is 16.9 Å². The highest BCUT2D eigenvalue weighted by Crippen LogP contribution is 2.57. The van der Waals surface area contributed by atoms with Crippen molar-refractivity contribution in [2.75, 3.05) is 14.1 Å². The van der Waals surface area contributed by atoms with Gasteiger partial charge < -0.3 is 31.3 Å². The number of Topliss-reactive ketones (excluding diaryl/α,β-unsaturated/α-hetero) is 2. The van der Waals surface area contributed by atoms with Gasteiger partial charge in [-0.2, -0.15) is 0 Å². The molecule has 0 aromatic heterocycles. The van der Waals surface area contributed by atoms with E-state index < -0.39 is 75.6 Å². The normalized spacial score (nSPS) is 30.7. The van der Waals surface area contributed by atoms with Gasteiger partial charge in [-0.15, -0.1) is 0 Å². The Balaban J connectivity index is 1.83. The second-order valence-corrected chi connectivity index (χ2v) is 10.3. The molecule has 0 aliphatic heterocycles. The minimum Gasteiger partial charge on any atom is -0.508 e. The highest BCUT2D eigenvalue weighted by molar-refractivity contribution is 6.24. The SMILES string of the molecule is C[C@H]1c2c(-c3ccccc3)ccc(O)c2C(O)=C2C(=O)[C@]3(O)C(O)=C(C(N)=O)C(=O)[C@@H](N(C)C)[C@@H]3[C@@H](O)[C@@H]21. The van der Waals surface area contributed by atoms with Gasteiger partial charge in [-0.05, 0) is 42.8 Å². The molecule has 10 nitrogen and oxygen atoms in total. The zero-order valence-corrected chi connectivity index (χ0v) is 20.9. The number of ketones is 2. The largest absolute Gasteiger partial charge is 0.508 e. The standard InChI is InChI=1S/C28H28N2O8/c1-11-15-13(12-7-5-4-6-8-12)9-10-14(31)17(15)22(32)18-16(11)23(33)20-21(30(2)3)24(34)19(27(29)37)26(36)28(20,38)25(18)35/h4-11,16,20-21,23,31-33,36,38H,1-3H3,(H2,29,37)/t11-,16+,20+,21-,23-,28-/m0/s1. The van der Waals surface area contributed by atoms with Gasteiger partial charge in [0.2, 0.25) is 5.78 Å².